The van der Waals surface area contributed by atoms with Gasteiger partial charge in [0.15, 0.2) is 11.0 Å². The zero-order valence-electron chi connectivity index (χ0n) is 19.4. The minimum Gasteiger partial charge on any atom is -0.370 e. The van der Waals surface area contributed by atoms with E-state index < -0.39 is 0 Å². The van der Waals surface area contributed by atoms with Gasteiger partial charge in [-0.05, 0) is 57.8 Å². The Labute approximate surface area is 193 Å². The number of ether oxygens (including phenoxy) is 1. The molecule has 7 heteroatoms. The molecule has 0 saturated carbocycles. The summed E-state index contributed by atoms with van der Waals surface area (Å²) >= 11 is 3.41. The number of piperidine rings is 1. The molecule has 1 saturated heterocycles. The van der Waals surface area contributed by atoms with Crippen LogP contribution in [0.2, 0.25) is 0 Å². The van der Waals surface area contributed by atoms with E-state index >= 15 is 0 Å². The Hall–Kier alpha value is -1.44. The highest BCUT2D eigenvalue weighted by atomic mass is 32.2. The minimum atomic E-state index is -0.177. The second-order valence-corrected chi connectivity index (χ2v) is 11.6. The molecular formula is C24H32N4OS2. The second kappa shape index (κ2) is 7.85. The normalized spacial score (nSPS) is 21.3. The van der Waals surface area contributed by atoms with Crippen molar-refractivity contribution in [3.05, 3.63) is 16.8 Å². The molecule has 0 N–H and O–H groups in total. The van der Waals surface area contributed by atoms with Gasteiger partial charge in [-0.2, -0.15) is 0 Å². The summed E-state index contributed by atoms with van der Waals surface area (Å²) in [4.78, 5) is 18.9. The fourth-order valence-electron chi connectivity index (χ4n) is 5.04. The lowest BCUT2D eigenvalue weighted by molar-refractivity contribution is -0.0402. The SMILES string of the molecule is CSc1nc(N2CCCCC2C)c2sc3nc(C(C)C)c4c(c3c2n1)CC(C)(C)OC4. The first-order valence-electron chi connectivity index (χ1n) is 11.4. The first-order chi connectivity index (χ1) is 14.8. The van der Waals surface area contributed by atoms with Crippen LogP contribution < -0.4 is 4.90 Å². The van der Waals surface area contributed by atoms with Gasteiger partial charge < -0.3 is 9.64 Å². The summed E-state index contributed by atoms with van der Waals surface area (Å²) < 4.78 is 7.41. The number of thioether (sulfide) groups is 1. The first-order valence-corrected chi connectivity index (χ1v) is 13.4. The number of hydrogen-bond acceptors (Lipinski definition) is 7. The summed E-state index contributed by atoms with van der Waals surface area (Å²) in [7, 11) is 0. The molecule has 1 unspecified atom stereocenters. The van der Waals surface area contributed by atoms with Crippen LogP contribution in [-0.4, -0.2) is 39.4 Å². The number of anilines is 1. The molecule has 1 fully saturated rings. The highest BCUT2D eigenvalue weighted by molar-refractivity contribution is 7.98. The van der Waals surface area contributed by atoms with Crippen molar-refractivity contribution >= 4 is 49.3 Å². The molecule has 3 aromatic heterocycles. The number of pyridine rings is 1. The summed E-state index contributed by atoms with van der Waals surface area (Å²) in [5, 5.41) is 2.09. The molecule has 5 heterocycles. The van der Waals surface area contributed by atoms with Gasteiger partial charge in [0.1, 0.15) is 4.83 Å². The van der Waals surface area contributed by atoms with Crippen molar-refractivity contribution in [1.29, 1.82) is 0 Å². The number of rotatable bonds is 3. The van der Waals surface area contributed by atoms with Crippen LogP contribution >= 0.6 is 23.1 Å². The molecule has 0 spiro atoms. The van der Waals surface area contributed by atoms with Crippen molar-refractivity contribution in [2.75, 3.05) is 17.7 Å². The third-order valence-electron chi connectivity index (χ3n) is 6.69. The maximum Gasteiger partial charge on any atom is 0.189 e. The van der Waals surface area contributed by atoms with Gasteiger partial charge in [-0.25, -0.2) is 15.0 Å². The van der Waals surface area contributed by atoms with Gasteiger partial charge in [0.2, 0.25) is 0 Å². The Morgan fingerprint density at radius 2 is 1.97 bits per heavy atom. The van der Waals surface area contributed by atoms with E-state index in [1.165, 1.54) is 46.2 Å². The molecule has 0 aliphatic carbocycles. The van der Waals surface area contributed by atoms with Crippen LogP contribution in [0.25, 0.3) is 20.4 Å². The van der Waals surface area contributed by atoms with Gasteiger partial charge in [-0.15, -0.1) is 11.3 Å². The lowest BCUT2D eigenvalue weighted by atomic mass is 9.87. The summed E-state index contributed by atoms with van der Waals surface area (Å²) in [5.74, 6) is 1.47. The van der Waals surface area contributed by atoms with Crippen LogP contribution in [0, 0.1) is 0 Å². The molecule has 2 aliphatic rings. The highest BCUT2D eigenvalue weighted by Gasteiger charge is 2.33. The molecule has 5 nitrogen and oxygen atoms in total. The van der Waals surface area contributed by atoms with E-state index in [1.807, 2.05) is 0 Å². The Morgan fingerprint density at radius 1 is 1.16 bits per heavy atom. The molecule has 3 aromatic rings. The van der Waals surface area contributed by atoms with E-state index in [9.17, 15) is 0 Å². The van der Waals surface area contributed by atoms with Gasteiger partial charge >= 0.3 is 0 Å². The predicted molar refractivity (Wildman–Crippen MR) is 132 cm³/mol. The average Bonchev–Trinajstić information content (AvgIpc) is 3.10. The van der Waals surface area contributed by atoms with Crippen molar-refractivity contribution in [3.63, 3.8) is 0 Å². The summed E-state index contributed by atoms with van der Waals surface area (Å²) in [6.07, 6.45) is 6.71. The third-order valence-corrected chi connectivity index (χ3v) is 8.30. The van der Waals surface area contributed by atoms with E-state index in [0.717, 1.165) is 34.3 Å². The number of nitrogens with zero attached hydrogens (tertiary/aromatic N) is 4. The maximum absolute atomic E-state index is 6.22. The van der Waals surface area contributed by atoms with Crippen molar-refractivity contribution in [2.45, 2.75) is 89.6 Å². The predicted octanol–water partition coefficient (Wildman–Crippen LogP) is 6.31. The maximum atomic E-state index is 6.22. The van der Waals surface area contributed by atoms with Crippen LogP contribution in [-0.2, 0) is 17.8 Å². The van der Waals surface area contributed by atoms with Gasteiger partial charge in [0.25, 0.3) is 0 Å². The molecule has 0 amide bonds. The standard InChI is InChI=1S/C24H32N4OS2/c1-13(2)18-16-12-29-24(4,5)11-15(16)17-19-20(31-22(17)25-18)21(27-23(26-19)30-6)28-10-8-7-9-14(28)3/h13-14H,7-12H2,1-6H3. The van der Waals surface area contributed by atoms with Crippen LogP contribution in [0.4, 0.5) is 5.82 Å². The van der Waals surface area contributed by atoms with E-state index in [4.69, 9.17) is 19.7 Å². The number of thiophene rings is 1. The molecular weight excluding hydrogens is 424 g/mol. The van der Waals surface area contributed by atoms with E-state index in [0.29, 0.717) is 18.6 Å². The van der Waals surface area contributed by atoms with Gasteiger partial charge in [-0.3, -0.25) is 0 Å². The second-order valence-electron chi connectivity index (χ2n) is 9.87. The van der Waals surface area contributed by atoms with Gasteiger partial charge in [0.05, 0.1) is 28.1 Å². The topological polar surface area (TPSA) is 51.1 Å². The van der Waals surface area contributed by atoms with Crippen molar-refractivity contribution in [1.82, 2.24) is 15.0 Å². The summed E-state index contributed by atoms with van der Waals surface area (Å²) in [6.45, 7) is 12.9. The lowest BCUT2D eigenvalue weighted by Gasteiger charge is -2.34. The molecule has 0 bridgehead atoms. The Kier molecular flexibility index (Phi) is 5.42. The largest absolute Gasteiger partial charge is 0.370 e. The van der Waals surface area contributed by atoms with Crippen molar-refractivity contribution < 1.29 is 4.74 Å². The molecule has 166 valence electrons. The van der Waals surface area contributed by atoms with Crippen LogP contribution in [0.15, 0.2) is 5.16 Å². The van der Waals surface area contributed by atoms with E-state index in [1.54, 1.807) is 23.1 Å². The summed E-state index contributed by atoms with van der Waals surface area (Å²) in [6, 6.07) is 0.507. The monoisotopic (exact) mass is 456 g/mol. The summed E-state index contributed by atoms with van der Waals surface area (Å²) in [5.41, 5.74) is 4.75. The number of hydrogen-bond donors (Lipinski definition) is 0. The van der Waals surface area contributed by atoms with E-state index in [2.05, 4.69) is 45.8 Å². The van der Waals surface area contributed by atoms with Crippen molar-refractivity contribution in [3.8, 4) is 0 Å². The highest BCUT2D eigenvalue weighted by Crippen LogP contribution is 2.45. The molecule has 31 heavy (non-hydrogen) atoms. The quantitative estimate of drug-likeness (QED) is 0.340. The van der Waals surface area contributed by atoms with Gasteiger partial charge in [0, 0.05) is 30.0 Å². The smallest absolute Gasteiger partial charge is 0.189 e. The molecule has 2 aliphatic heterocycles. The number of fused-ring (bicyclic) bond motifs is 5. The molecule has 0 aromatic carbocycles. The first kappa shape index (κ1) is 21.4. The van der Waals surface area contributed by atoms with Gasteiger partial charge in [-0.1, -0.05) is 25.6 Å². The number of aromatic nitrogens is 3. The Balaban J connectivity index is 1.84. The van der Waals surface area contributed by atoms with Crippen LogP contribution in [0.5, 0.6) is 0 Å². The van der Waals surface area contributed by atoms with Crippen LogP contribution in [0.3, 0.4) is 0 Å². The zero-order valence-corrected chi connectivity index (χ0v) is 21.0. The van der Waals surface area contributed by atoms with Crippen molar-refractivity contribution in [2.24, 2.45) is 0 Å². The Morgan fingerprint density at radius 3 is 2.68 bits per heavy atom. The zero-order chi connectivity index (χ0) is 21.9. The van der Waals surface area contributed by atoms with E-state index in [-0.39, 0.29) is 5.60 Å². The third kappa shape index (κ3) is 3.62. The lowest BCUT2D eigenvalue weighted by Crippen LogP contribution is -2.38. The average molecular weight is 457 g/mol. The molecule has 5 rings (SSSR count). The Bertz CT molecular complexity index is 1150. The fraction of sp³-hybridized carbons (Fsp3) is 0.625. The fourth-order valence-corrected chi connectivity index (χ4v) is 6.56. The van der Waals surface area contributed by atoms with Crippen LogP contribution in [0.1, 0.15) is 76.6 Å². The molecule has 0 radical (unpaired) electrons. The molecule has 1 atom stereocenters. The minimum absolute atomic E-state index is 0.177.